The number of ether oxygens (including phenoxy) is 1. The maximum atomic E-state index is 13.7. The Morgan fingerprint density at radius 3 is 2.93 bits per heavy atom. The van der Waals surface area contributed by atoms with Crippen LogP contribution in [0.4, 0.5) is 4.39 Å². The number of rotatable bonds is 4. The number of hydrogen-bond acceptors (Lipinski definition) is 5. The Balaban J connectivity index is 1.49. The van der Waals surface area contributed by atoms with Crippen molar-refractivity contribution in [2.75, 3.05) is 26.7 Å². The summed E-state index contributed by atoms with van der Waals surface area (Å²) in [5, 5.41) is 0. The van der Waals surface area contributed by atoms with E-state index in [9.17, 15) is 9.18 Å². The number of methoxy groups -OCH3 is 1. The summed E-state index contributed by atoms with van der Waals surface area (Å²) in [6, 6.07) is 5.31. The molecule has 1 amide bonds. The Morgan fingerprint density at radius 1 is 1.26 bits per heavy atom. The molecule has 3 aliphatic rings. The SMILES string of the molecule is COc1cc(CN2C[C@H]3CC[C@@H]2CN(C(=O)c2cnccn2)C3)ccc1F. The van der Waals surface area contributed by atoms with Crippen LogP contribution in [-0.4, -0.2) is 58.5 Å². The molecule has 0 radical (unpaired) electrons. The quantitative estimate of drug-likeness (QED) is 0.827. The number of aromatic nitrogens is 2. The first-order valence-electron chi connectivity index (χ1n) is 9.26. The number of piperidine rings is 1. The second-order valence-corrected chi connectivity index (χ2v) is 7.30. The number of hydrogen-bond donors (Lipinski definition) is 0. The molecule has 3 aliphatic heterocycles. The normalized spacial score (nSPS) is 22.5. The summed E-state index contributed by atoms with van der Waals surface area (Å²) < 4.78 is 18.8. The Bertz CT molecular complexity index is 817. The summed E-state index contributed by atoms with van der Waals surface area (Å²) in [6.45, 7) is 3.10. The fourth-order valence-electron chi connectivity index (χ4n) is 4.15. The highest BCUT2D eigenvalue weighted by atomic mass is 19.1. The minimum Gasteiger partial charge on any atom is -0.494 e. The Hall–Kier alpha value is -2.54. The van der Waals surface area contributed by atoms with E-state index in [-0.39, 0.29) is 17.5 Å². The molecule has 2 aromatic rings. The number of nitrogens with zero attached hydrogens (tertiary/aromatic N) is 4. The highest BCUT2D eigenvalue weighted by Crippen LogP contribution is 2.30. The summed E-state index contributed by atoms with van der Waals surface area (Å²) in [6.07, 6.45) is 6.83. The Labute approximate surface area is 158 Å². The molecule has 2 bridgehead atoms. The van der Waals surface area contributed by atoms with Gasteiger partial charge in [-0.1, -0.05) is 6.07 Å². The van der Waals surface area contributed by atoms with Gasteiger partial charge in [-0.05, 0) is 36.5 Å². The zero-order valence-corrected chi connectivity index (χ0v) is 15.3. The summed E-state index contributed by atoms with van der Waals surface area (Å²) in [4.78, 5) is 25.3. The molecular formula is C20H23FN4O2. The smallest absolute Gasteiger partial charge is 0.274 e. The van der Waals surface area contributed by atoms with Crippen molar-refractivity contribution in [3.8, 4) is 5.75 Å². The lowest BCUT2D eigenvalue weighted by Crippen LogP contribution is -2.44. The average Bonchev–Trinajstić information content (AvgIpc) is 3.01. The predicted molar refractivity (Wildman–Crippen MR) is 97.8 cm³/mol. The average molecular weight is 370 g/mol. The van der Waals surface area contributed by atoms with Gasteiger partial charge in [0.1, 0.15) is 5.69 Å². The van der Waals surface area contributed by atoms with E-state index < -0.39 is 0 Å². The Morgan fingerprint density at radius 2 is 2.15 bits per heavy atom. The standard InChI is InChI=1S/C20H23FN4O2/c1-27-19-8-14(3-5-17(19)21)10-24-11-15-2-4-16(24)13-25(12-15)20(26)18-9-22-6-7-23-18/h3,5-9,15-16H,2,4,10-13H2,1H3/t15-,16-/m1/s1. The van der Waals surface area contributed by atoms with E-state index >= 15 is 0 Å². The molecule has 1 aromatic heterocycles. The molecule has 6 nitrogen and oxygen atoms in total. The summed E-state index contributed by atoms with van der Waals surface area (Å²) in [5.41, 5.74) is 1.42. The topological polar surface area (TPSA) is 58.6 Å². The van der Waals surface area contributed by atoms with Crippen LogP contribution < -0.4 is 4.74 Å². The number of benzene rings is 1. The second kappa shape index (κ2) is 7.60. The van der Waals surface area contributed by atoms with Gasteiger partial charge in [-0.2, -0.15) is 0 Å². The molecule has 3 fully saturated rings. The van der Waals surface area contributed by atoms with E-state index in [1.807, 2.05) is 4.90 Å². The van der Waals surface area contributed by atoms with Crippen LogP contribution in [0.15, 0.2) is 36.8 Å². The zero-order valence-electron chi connectivity index (χ0n) is 15.3. The van der Waals surface area contributed by atoms with Gasteiger partial charge in [-0.3, -0.25) is 14.7 Å². The molecule has 3 saturated heterocycles. The number of fused-ring (bicyclic) bond motifs is 4. The number of carbonyl (C=O) groups excluding carboxylic acids is 1. The molecule has 0 N–H and O–H groups in total. The van der Waals surface area contributed by atoms with Gasteiger partial charge < -0.3 is 9.64 Å². The lowest BCUT2D eigenvalue weighted by atomic mass is 9.94. The second-order valence-electron chi connectivity index (χ2n) is 7.30. The lowest BCUT2D eigenvalue weighted by molar-refractivity contribution is 0.0729. The van der Waals surface area contributed by atoms with Crippen molar-refractivity contribution < 1.29 is 13.9 Å². The monoisotopic (exact) mass is 370 g/mol. The predicted octanol–water partition coefficient (Wildman–Crippen LogP) is 2.36. The van der Waals surface area contributed by atoms with Gasteiger partial charge in [0.2, 0.25) is 0 Å². The van der Waals surface area contributed by atoms with Crippen LogP contribution in [0.5, 0.6) is 5.75 Å². The van der Waals surface area contributed by atoms with Crippen LogP contribution in [-0.2, 0) is 6.54 Å². The number of halogens is 1. The maximum absolute atomic E-state index is 13.7. The largest absolute Gasteiger partial charge is 0.494 e. The molecule has 4 heterocycles. The number of amides is 1. The molecule has 0 saturated carbocycles. The Kier molecular flexibility index (Phi) is 5.03. The molecule has 1 aromatic carbocycles. The fraction of sp³-hybridized carbons (Fsp3) is 0.450. The molecule has 7 heteroatoms. The van der Waals surface area contributed by atoms with E-state index in [1.54, 1.807) is 24.5 Å². The fourth-order valence-corrected chi connectivity index (χ4v) is 4.15. The van der Waals surface area contributed by atoms with Gasteiger partial charge >= 0.3 is 0 Å². The highest BCUT2D eigenvalue weighted by Gasteiger charge is 2.36. The summed E-state index contributed by atoms with van der Waals surface area (Å²) in [5.74, 6) is 0.309. The van der Waals surface area contributed by atoms with E-state index in [4.69, 9.17) is 4.74 Å². The van der Waals surface area contributed by atoms with E-state index in [1.165, 1.54) is 19.4 Å². The van der Waals surface area contributed by atoms with Crippen molar-refractivity contribution in [3.63, 3.8) is 0 Å². The highest BCUT2D eigenvalue weighted by molar-refractivity contribution is 5.92. The maximum Gasteiger partial charge on any atom is 0.274 e. The summed E-state index contributed by atoms with van der Waals surface area (Å²) >= 11 is 0. The first-order chi connectivity index (χ1) is 13.1. The van der Waals surface area contributed by atoms with E-state index in [0.717, 1.165) is 38.0 Å². The third kappa shape index (κ3) is 3.78. The van der Waals surface area contributed by atoms with Gasteiger partial charge in [-0.25, -0.2) is 9.37 Å². The van der Waals surface area contributed by atoms with Crippen LogP contribution in [0, 0.1) is 11.7 Å². The minimum absolute atomic E-state index is 0.0506. The third-order valence-electron chi connectivity index (χ3n) is 5.50. The molecule has 5 rings (SSSR count). The van der Waals surface area contributed by atoms with Crippen molar-refractivity contribution in [1.82, 2.24) is 19.8 Å². The molecule has 0 spiro atoms. The van der Waals surface area contributed by atoms with Crippen molar-refractivity contribution in [2.45, 2.75) is 25.4 Å². The van der Waals surface area contributed by atoms with Crippen LogP contribution in [0.1, 0.15) is 28.9 Å². The lowest BCUT2D eigenvalue weighted by Gasteiger charge is -2.36. The first kappa shape index (κ1) is 17.9. The van der Waals surface area contributed by atoms with Crippen LogP contribution in [0.3, 0.4) is 0 Å². The number of carbonyl (C=O) groups is 1. The van der Waals surface area contributed by atoms with E-state index in [2.05, 4.69) is 14.9 Å². The molecule has 0 aliphatic carbocycles. The molecule has 142 valence electrons. The van der Waals surface area contributed by atoms with Gasteiger partial charge in [-0.15, -0.1) is 0 Å². The van der Waals surface area contributed by atoms with Crippen molar-refractivity contribution in [2.24, 2.45) is 5.92 Å². The molecule has 0 unspecified atom stereocenters. The van der Waals surface area contributed by atoms with Crippen molar-refractivity contribution in [1.29, 1.82) is 0 Å². The molecule has 27 heavy (non-hydrogen) atoms. The first-order valence-corrected chi connectivity index (χ1v) is 9.26. The van der Waals surface area contributed by atoms with Crippen LogP contribution in [0.2, 0.25) is 0 Å². The van der Waals surface area contributed by atoms with Crippen LogP contribution >= 0.6 is 0 Å². The van der Waals surface area contributed by atoms with E-state index in [0.29, 0.717) is 24.2 Å². The van der Waals surface area contributed by atoms with Crippen molar-refractivity contribution >= 4 is 5.91 Å². The van der Waals surface area contributed by atoms with Gasteiger partial charge in [0, 0.05) is 44.6 Å². The molecule has 2 atom stereocenters. The summed E-state index contributed by atoms with van der Waals surface area (Å²) in [7, 11) is 1.48. The minimum atomic E-state index is -0.348. The molecular weight excluding hydrogens is 347 g/mol. The van der Waals surface area contributed by atoms with Gasteiger partial charge in [0.25, 0.3) is 5.91 Å². The van der Waals surface area contributed by atoms with Crippen LogP contribution in [0.25, 0.3) is 0 Å². The van der Waals surface area contributed by atoms with Crippen molar-refractivity contribution in [3.05, 3.63) is 53.9 Å². The zero-order chi connectivity index (χ0) is 18.8. The van der Waals surface area contributed by atoms with Gasteiger partial charge in [0.05, 0.1) is 13.3 Å². The third-order valence-corrected chi connectivity index (χ3v) is 5.50. The van der Waals surface area contributed by atoms with Gasteiger partial charge in [0.15, 0.2) is 11.6 Å².